The van der Waals surface area contributed by atoms with Crippen LogP contribution < -0.4 is 19.7 Å². The first-order valence-electron chi connectivity index (χ1n) is 11.3. The van der Waals surface area contributed by atoms with E-state index < -0.39 is 5.41 Å². The van der Waals surface area contributed by atoms with E-state index in [4.69, 9.17) is 9.47 Å². The highest BCUT2D eigenvalue weighted by Crippen LogP contribution is 2.38. The highest BCUT2D eigenvalue weighted by Gasteiger charge is 2.37. The van der Waals surface area contributed by atoms with E-state index in [1.807, 2.05) is 68.1 Å². The SMILES string of the molecule is CCOc1ccc(CC(=O)Nc2ccc3c(c2)N(CCC(C)C)C(=O)C(C)(C)CO3)cc1. The average molecular weight is 439 g/mol. The summed E-state index contributed by atoms with van der Waals surface area (Å²) in [5.41, 5.74) is 1.64. The second-order valence-corrected chi connectivity index (χ2v) is 9.30. The Morgan fingerprint density at radius 1 is 1.19 bits per heavy atom. The summed E-state index contributed by atoms with van der Waals surface area (Å²) >= 11 is 0. The zero-order valence-corrected chi connectivity index (χ0v) is 19.7. The molecule has 2 aromatic rings. The normalized spacial score (nSPS) is 15.1. The van der Waals surface area contributed by atoms with Crippen LogP contribution in [0.4, 0.5) is 11.4 Å². The summed E-state index contributed by atoms with van der Waals surface area (Å²) in [5, 5.41) is 2.96. The predicted octanol–water partition coefficient (Wildman–Crippen LogP) is 5.06. The number of rotatable bonds is 8. The molecule has 0 aromatic heterocycles. The molecule has 172 valence electrons. The van der Waals surface area contributed by atoms with Crippen LogP contribution in [0.3, 0.4) is 0 Å². The van der Waals surface area contributed by atoms with Crippen LogP contribution in [-0.4, -0.2) is 31.6 Å². The maximum atomic E-state index is 13.2. The van der Waals surface area contributed by atoms with Crippen molar-refractivity contribution in [2.75, 3.05) is 30.0 Å². The Morgan fingerprint density at radius 2 is 1.91 bits per heavy atom. The number of ether oxygens (including phenoxy) is 2. The maximum absolute atomic E-state index is 13.2. The monoisotopic (exact) mass is 438 g/mol. The first-order chi connectivity index (χ1) is 15.2. The molecule has 0 unspecified atom stereocenters. The van der Waals surface area contributed by atoms with E-state index in [0.29, 0.717) is 42.8 Å². The standard InChI is InChI=1S/C26H34N2O4/c1-6-31-21-10-7-19(8-11-21)15-24(29)27-20-9-12-23-22(16-20)28(14-13-18(2)3)25(30)26(4,5)17-32-23/h7-12,16,18H,6,13-15,17H2,1-5H3,(H,27,29). The van der Waals surface area contributed by atoms with Gasteiger partial charge in [-0.15, -0.1) is 0 Å². The fourth-order valence-electron chi connectivity index (χ4n) is 3.59. The molecular weight excluding hydrogens is 404 g/mol. The van der Waals surface area contributed by atoms with E-state index in [2.05, 4.69) is 19.2 Å². The highest BCUT2D eigenvalue weighted by molar-refractivity contribution is 6.00. The Bertz CT molecular complexity index is 951. The van der Waals surface area contributed by atoms with Crippen molar-refractivity contribution in [3.05, 3.63) is 48.0 Å². The van der Waals surface area contributed by atoms with Crippen molar-refractivity contribution in [1.29, 1.82) is 0 Å². The van der Waals surface area contributed by atoms with Gasteiger partial charge in [-0.3, -0.25) is 9.59 Å². The molecular formula is C26H34N2O4. The molecule has 0 spiro atoms. The fourth-order valence-corrected chi connectivity index (χ4v) is 3.59. The third kappa shape index (κ3) is 5.81. The highest BCUT2D eigenvalue weighted by atomic mass is 16.5. The number of nitrogens with zero attached hydrogens (tertiary/aromatic N) is 1. The first-order valence-corrected chi connectivity index (χ1v) is 11.3. The molecule has 3 rings (SSSR count). The van der Waals surface area contributed by atoms with Crippen LogP contribution in [0, 0.1) is 11.3 Å². The molecule has 0 fully saturated rings. The topological polar surface area (TPSA) is 67.9 Å². The average Bonchev–Trinajstić information content (AvgIpc) is 2.83. The second-order valence-electron chi connectivity index (χ2n) is 9.30. The van der Waals surface area contributed by atoms with Gasteiger partial charge in [0.1, 0.15) is 18.1 Å². The van der Waals surface area contributed by atoms with E-state index in [9.17, 15) is 9.59 Å². The predicted molar refractivity (Wildman–Crippen MR) is 127 cm³/mol. The molecule has 0 saturated carbocycles. The Morgan fingerprint density at radius 3 is 2.56 bits per heavy atom. The van der Waals surface area contributed by atoms with Crippen molar-refractivity contribution in [3.63, 3.8) is 0 Å². The van der Waals surface area contributed by atoms with Crippen LogP contribution in [0.2, 0.25) is 0 Å². The smallest absolute Gasteiger partial charge is 0.236 e. The van der Waals surface area contributed by atoms with Crippen LogP contribution in [-0.2, 0) is 16.0 Å². The lowest BCUT2D eigenvalue weighted by molar-refractivity contribution is -0.127. The molecule has 0 atom stereocenters. The molecule has 6 nitrogen and oxygen atoms in total. The molecule has 1 heterocycles. The molecule has 0 radical (unpaired) electrons. The van der Waals surface area contributed by atoms with E-state index in [0.717, 1.165) is 17.7 Å². The Labute approximate surface area is 190 Å². The molecule has 0 bridgehead atoms. The number of carbonyl (C=O) groups excluding carboxylic acids is 2. The van der Waals surface area contributed by atoms with E-state index in [-0.39, 0.29) is 18.2 Å². The zero-order valence-electron chi connectivity index (χ0n) is 19.7. The Kier molecular flexibility index (Phi) is 7.44. The fraction of sp³-hybridized carbons (Fsp3) is 0.462. The van der Waals surface area contributed by atoms with Gasteiger partial charge in [0.05, 0.1) is 24.1 Å². The van der Waals surface area contributed by atoms with Crippen LogP contribution >= 0.6 is 0 Å². The lowest BCUT2D eigenvalue weighted by Gasteiger charge is -2.28. The van der Waals surface area contributed by atoms with E-state index >= 15 is 0 Å². The van der Waals surface area contributed by atoms with Gasteiger partial charge < -0.3 is 19.7 Å². The van der Waals surface area contributed by atoms with Crippen molar-refractivity contribution < 1.29 is 19.1 Å². The summed E-state index contributed by atoms with van der Waals surface area (Å²) in [5.74, 6) is 1.84. The van der Waals surface area contributed by atoms with Crippen LogP contribution in [0.5, 0.6) is 11.5 Å². The van der Waals surface area contributed by atoms with Gasteiger partial charge >= 0.3 is 0 Å². The maximum Gasteiger partial charge on any atom is 0.236 e. The number of nitrogens with one attached hydrogen (secondary N) is 1. The summed E-state index contributed by atoms with van der Waals surface area (Å²) in [7, 11) is 0. The Balaban J connectivity index is 1.77. The quantitative estimate of drug-likeness (QED) is 0.625. The molecule has 1 N–H and O–H groups in total. The first kappa shape index (κ1) is 23.6. The molecule has 0 saturated heterocycles. The van der Waals surface area contributed by atoms with E-state index in [1.54, 1.807) is 0 Å². The minimum atomic E-state index is -0.618. The minimum absolute atomic E-state index is 0.0368. The third-order valence-corrected chi connectivity index (χ3v) is 5.48. The third-order valence-electron chi connectivity index (χ3n) is 5.48. The van der Waals surface area contributed by atoms with Crippen LogP contribution in [0.15, 0.2) is 42.5 Å². The number of anilines is 2. The molecule has 6 heteroatoms. The summed E-state index contributed by atoms with van der Waals surface area (Å²) in [4.78, 5) is 27.7. The van der Waals surface area contributed by atoms with Gasteiger partial charge in [0, 0.05) is 12.2 Å². The van der Waals surface area contributed by atoms with Crippen molar-refractivity contribution in [2.45, 2.75) is 47.5 Å². The number of hydrogen-bond donors (Lipinski definition) is 1. The largest absolute Gasteiger partial charge is 0.494 e. The number of hydrogen-bond acceptors (Lipinski definition) is 4. The number of amides is 2. The summed E-state index contributed by atoms with van der Waals surface area (Å²) in [6.07, 6.45) is 1.14. The van der Waals surface area contributed by atoms with Crippen molar-refractivity contribution in [1.82, 2.24) is 0 Å². The molecule has 1 aliphatic rings. The van der Waals surface area contributed by atoms with Crippen LogP contribution in [0.25, 0.3) is 0 Å². The van der Waals surface area contributed by atoms with Gasteiger partial charge in [-0.05, 0) is 69.0 Å². The van der Waals surface area contributed by atoms with Gasteiger partial charge in [-0.25, -0.2) is 0 Å². The van der Waals surface area contributed by atoms with Crippen molar-refractivity contribution in [3.8, 4) is 11.5 Å². The van der Waals surface area contributed by atoms with Crippen LogP contribution in [0.1, 0.15) is 46.6 Å². The molecule has 32 heavy (non-hydrogen) atoms. The van der Waals surface area contributed by atoms with Gasteiger partial charge in [-0.2, -0.15) is 0 Å². The number of benzene rings is 2. The van der Waals surface area contributed by atoms with Crippen molar-refractivity contribution >= 4 is 23.2 Å². The van der Waals surface area contributed by atoms with Crippen molar-refractivity contribution in [2.24, 2.45) is 11.3 Å². The summed E-state index contributed by atoms with van der Waals surface area (Å²) in [6.45, 7) is 11.6. The molecule has 2 amide bonds. The number of carbonyl (C=O) groups is 2. The van der Waals surface area contributed by atoms with E-state index in [1.165, 1.54) is 0 Å². The summed E-state index contributed by atoms with van der Waals surface area (Å²) in [6, 6.07) is 13.0. The summed E-state index contributed by atoms with van der Waals surface area (Å²) < 4.78 is 11.4. The minimum Gasteiger partial charge on any atom is -0.494 e. The molecule has 1 aliphatic heterocycles. The number of fused-ring (bicyclic) bond motifs is 1. The molecule has 2 aromatic carbocycles. The second kappa shape index (κ2) is 10.1. The Hall–Kier alpha value is -3.02. The van der Waals surface area contributed by atoms with Gasteiger partial charge in [-0.1, -0.05) is 26.0 Å². The van der Waals surface area contributed by atoms with Gasteiger partial charge in [0.15, 0.2) is 0 Å². The van der Waals surface area contributed by atoms with Gasteiger partial charge in [0.2, 0.25) is 11.8 Å². The lowest BCUT2D eigenvalue weighted by Crippen LogP contribution is -2.42. The zero-order chi connectivity index (χ0) is 23.3. The van der Waals surface area contributed by atoms with Gasteiger partial charge in [0.25, 0.3) is 0 Å². The lowest BCUT2D eigenvalue weighted by atomic mass is 9.92. The molecule has 0 aliphatic carbocycles.